The summed E-state index contributed by atoms with van der Waals surface area (Å²) in [7, 11) is 3.35. The van der Waals surface area contributed by atoms with E-state index in [1.54, 1.807) is 20.3 Å². The van der Waals surface area contributed by atoms with Crippen molar-refractivity contribution in [3.63, 3.8) is 0 Å². The summed E-state index contributed by atoms with van der Waals surface area (Å²) in [5, 5.41) is 3.47. The third-order valence-corrected chi connectivity index (χ3v) is 3.46. The molecule has 3 nitrogen and oxygen atoms in total. The Balaban J connectivity index is 1.93. The van der Waals surface area contributed by atoms with Crippen LogP contribution in [0.3, 0.4) is 0 Å². The lowest BCUT2D eigenvalue weighted by atomic mass is 10.1. The lowest BCUT2D eigenvalue weighted by Crippen LogP contribution is -2.33. The van der Waals surface area contributed by atoms with Crippen LogP contribution in [0.25, 0.3) is 0 Å². The van der Waals surface area contributed by atoms with Gasteiger partial charge in [0.05, 0.1) is 12.7 Å². The number of methoxy groups -OCH3 is 2. The molecule has 0 saturated heterocycles. The molecule has 0 heterocycles. The summed E-state index contributed by atoms with van der Waals surface area (Å²) in [4.78, 5) is 0. The molecule has 0 bridgehead atoms. The lowest BCUT2D eigenvalue weighted by Gasteiger charge is -2.19. The van der Waals surface area contributed by atoms with Crippen LogP contribution in [0, 0.1) is 5.82 Å². The number of benzene rings is 1. The molecule has 1 aliphatic rings. The van der Waals surface area contributed by atoms with Gasteiger partial charge in [0.1, 0.15) is 5.82 Å². The van der Waals surface area contributed by atoms with Crippen molar-refractivity contribution in [3.8, 4) is 0 Å². The van der Waals surface area contributed by atoms with E-state index in [1.165, 1.54) is 11.6 Å². The average molecular weight is 253 g/mol. The molecule has 1 aromatic carbocycles. The van der Waals surface area contributed by atoms with Crippen LogP contribution in [0.1, 0.15) is 23.6 Å². The Hall–Kier alpha value is -0.970. The van der Waals surface area contributed by atoms with Crippen LogP contribution in [0.15, 0.2) is 18.2 Å². The normalized spacial score (nSPS) is 19.8. The highest BCUT2D eigenvalue weighted by molar-refractivity contribution is 5.34. The molecule has 0 amide bonds. The smallest absolute Gasteiger partial charge is 0.123 e. The van der Waals surface area contributed by atoms with E-state index in [1.807, 2.05) is 6.07 Å². The molecule has 2 rings (SSSR count). The summed E-state index contributed by atoms with van der Waals surface area (Å²) in [6.07, 6.45) is 2.01. The number of ether oxygens (including phenoxy) is 2. The number of fused-ring (bicyclic) bond motifs is 1. The highest BCUT2D eigenvalue weighted by Crippen LogP contribution is 2.31. The minimum Gasteiger partial charge on any atom is -0.382 e. The predicted octanol–water partition coefficient (Wildman–Crippen LogP) is 2.06. The number of hydrogen-bond donors (Lipinski definition) is 1. The highest BCUT2D eigenvalue weighted by atomic mass is 19.1. The Morgan fingerprint density at radius 2 is 2.28 bits per heavy atom. The van der Waals surface area contributed by atoms with Gasteiger partial charge in [-0.15, -0.1) is 0 Å². The van der Waals surface area contributed by atoms with Gasteiger partial charge in [0, 0.05) is 26.8 Å². The van der Waals surface area contributed by atoms with Crippen molar-refractivity contribution in [1.82, 2.24) is 5.32 Å². The van der Waals surface area contributed by atoms with E-state index in [-0.39, 0.29) is 11.9 Å². The average Bonchev–Trinajstić information content (AvgIpc) is 2.76. The first-order valence-corrected chi connectivity index (χ1v) is 6.28. The van der Waals surface area contributed by atoms with E-state index >= 15 is 0 Å². The van der Waals surface area contributed by atoms with Crippen LogP contribution in [-0.4, -0.2) is 33.5 Å². The molecule has 0 saturated carbocycles. The monoisotopic (exact) mass is 253 g/mol. The summed E-state index contributed by atoms with van der Waals surface area (Å²) in [5.41, 5.74) is 2.33. The van der Waals surface area contributed by atoms with Crippen molar-refractivity contribution in [2.45, 2.75) is 25.0 Å². The van der Waals surface area contributed by atoms with Gasteiger partial charge in [0.25, 0.3) is 0 Å². The van der Waals surface area contributed by atoms with E-state index in [9.17, 15) is 4.39 Å². The molecule has 1 N–H and O–H groups in total. The molecule has 2 unspecified atom stereocenters. The van der Waals surface area contributed by atoms with E-state index in [0.717, 1.165) is 24.9 Å². The zero-order valence-corrected chi connectivity index (χ0v) is 10.9. The Morgan fingerprint density at radius 1 is 1.44 bits per heavy atom. The molecule has 2 atom stereocenters. The Bertz CT molecular complexity index is 397. The SMILES string of the molecule is COCC(CNC1CCc2cc(F)ccc21)OC. The number of halogens is 1. The van der Waals surface area contributed by atoms with E-state index < -0.39 is 0 Å². The van der Waals surface area contributed by atoms with Crippen molar-refractivity contribution in [3.05, 3.63) is 35.1 Å². The first kappa shape index (κ1) is 13.5. The van der Waals surface area contributed by atoms with Gasteiger partial charge in [-0.05, 0) is 36.1 Å². The van der Waals surface area contributed by atoms with E-state index in [0.29, 0.717) is 12.6 Å². The molecule has 1 aromatic rings. The summed E-state index contributed by atoms with van der Waals surface area (Å²) >= 11 is 0. The summed E-state index contributed by atoms with van der Waals surface area (Å²) in [6.45, 7) is 1.32. The fourth-order valence-corrected chi connectivity index (χ4v) is 2.47. The quantitative estimate of drug-likeness (QED) is 0.842. The molecule has 4 heteroatoms. The standard InChI is InChI=1S/C14H20FNO2/c1-17-9-12(18-2)8-16-14-6-3-10-7-11(15)4-5-13(10)14/h4-5,7,12,14,16H,3,6,8-9H2,1-2H3. The van der Waals surface area contributed by atoms with Gasteiger partial charge in [0.15, 0.2) is 0 Å². The van der Waals surface area contributed by atoms with Gasteiger partial charge in [0.2, 0.25) is 0 Å². The number of nitrogens with one attached hydrogen (secondary N) is 1. The molecule has 1 aliphatic carbocycles. The maximum atomic E-state index is 13.1. The van der Waals surface area contributed by atoms with Crippen LogP contribution in [0.5, 0.6) is 0 Å². The second-order valence-corrected chi connectivity index (χ2v) is 4.66. The van der Waals surface area contributed by atoms with Crippen molar-refractivity contribution in [1.29, 1.82) is 0 Å². The Morgan fingerprint density at radius 3 is 3.00 bits per heavy atom. The van der Waals surface area contributed by atoms with Gasteiger partial charge >= 0.3 is 0 Å². The number of aryl methyl sites for hydroxylation is 1. The van der Waals surface area contributed by atoms with Gasteiger partial charge < -0.3 is 14.8 Å². The fourth-order valence-electron chi connectivity index (χ4n) is 2.47. The molecular weight excluding hydrogens is 233 g/mol. The zero-order valence-electron chi connectivity index (χ0n) is 10.9. The predicted molar refractivity (Wildman–Crippen MR) is 68.1 cm³/mol. The van der Waals surface area contributed by atoms with Gasteiger partial charge in [-0.1, -0.05) is 6.07 Å². The van der Waals surface area contributed by atoms with Crippen LogP contribution < -0.4 is 5.32 Å². The van der Waals surface area contributed by atoms with Crippen molar-refractivity contribution >= 4 is 0 Å². The third kappa shape index (κ3) is 3.07. The summed E-state index contributed by atoms with van der Waals surface area (Å²) in [6, 6.07) is 5.35. The minimum atomic E-state index is -0.149. The first-order valence-electron chi connectivity index (χ1n) is 6.28. The maximum Gasteiger partial charge on any atom is 0.123 e. The summed E-state index contributed by atoms with van der Waals surface area (Å²) in [5.74, 6) is -0.149. The van der Waals surface area contributed by atoms with Gasteiger partial charge in [-0.2, -0.15) is 0 Å². The maximum absolute atomic E-state index is 13.1. The van der Waals surface area contributed by atoms with Gasteiger partial charge in [-0.3, -0.25) is 0 Å². The van der Waals surface area contributed by atoms with Crippen LogP contribution >= 0.6 is 0 Å². The van der Waals surface area contributed by atoms with Crippen molar-refractivity contribution < 1.29 is 13.9 Å². The molecule has 100 valence electrons. The van der Waals surface area contributed by atoms with Crippen molar-refractivity contribution in [2.75, 3.05) is 27.4 Å². The zero-order chi connectivity index (χ0) is 13.0. The van der Waals surface area contributed by atoms with Gasteiger partial charge in [-0.25, -0.2) is 4.39 Å². The Labute approximate surface area is 107 Å². The third-order valence-electron chi connectivity index (χ3n) is 3.46. The molecule has 18 heavy (non-hydrogen) atoms. The summed E-state index contributed by atoms with van der Waals surface area (Å²) < 4.78 is 23.5. The van der Waals surface area contributed by atoms with E-state index in [2.05, 4.69) is 5.32 Å². The highest BCUT2D eigenvalue weighted by Gasteiger charge is 2.23. The largest absolute Gasteiger partial charge is 0.382 e. The first-order chi connectivity index (χ1) is 8.74. The van der Waals surface area contributed by atoms with E-state index in [4.69, 9.17) is 9.47 Å². The number of hydrogen-bond acceptors (Lipinski definition) is 3. The molecule has 0 fully saturated rings. The second-order valence-electron chi connectivity index (χ2n) is 4.66. The second kappa shape index (κ2) is 6.27. The van der Waals surface area contributed by atoms with Crippen LogP contribution in [0.4, 0.5) is 4.39 Å². The van der Waals surface area contributed by atoms with Crippen LogP contribution in [0.2, 0.25) is 0 Å². The number of rotatable bonds is 6. The topological polar surface area (TPSA) is 30.5 Å². The molecule has 0 radical (unpaired) electrons. The minimum absolute atomic E-state index is 0.0551. The van der Waals surface area contributed by atoms with Crippen molar-refractivity contribution in [2.24, 2.45) is 0 Å². The Kier molecular flexibility index (Phi) is 4.69. The molecular formula is C14H20FNO2. The molecule has 0 spiro atoms. The molecule has 0 aliphatic heterocycles. The fraction of sp³-hybridized carbons (Fsp3) is 0.571. The molecule has 0 aromatic heterocycles. The lowest BCUT2D eigenvalue weighted by molar-refractivity contribution is 0.0273. The van der Waals surface area contributed by atoms with Crippen LogP contribution in [-0.2, 0) is 15.9 Å².